The van der Waals surface area contributed by atoms with E-state index in [1.54, 1.807) is 6.08 Å². The fourth-order valence-electron chi connectivity index (χ4n) is 2.86. The minimum Gasteiger partial charge on any atom is -0.348 e. The topological polar surface area (TPSA) is 54.3 Å². The van der Waals surface area contributed by atoms with Gasteiger partial charge >= 0.3 is 0 Å². The molecule has 6 heteroatoms. The van der Waals surface area contributed by atoms with Gasteiger partial charge in [-0.2, -0.15) is 0 Å². The molecule has 1 aromatic carbocycles. The molecule has 1 N–H and O–H groups in total. The van der Waals surface area contributed by atoms with Gasteiger partial charge in [0.1, 0.15) is 5.57 Å². The minimum atomic E-state index is -0.477. The van der Waals surface area contributed by atoms with Crippen LogP contribution in [0.15, 0.2) is 35.9 Å². The van der Waals surface area contributed by atoms with Crippen LogP contribution in [0.3, 0.4) is 0 Å². The number of carbonyl (C=O) groups is 2. The third-order valence-corrected chi connectivity index (χ3v) is 4.68. The van der Waals surface area contributed by atoms with Gasteiger partial charge in [0, 0.05) is 18.4 Å². The van der Waals surface area contributed by atoms with Crippen molar-refractivity contribution < 1.29 is 9.59 Å². The molecule has 1 aromatic heterocycles. The van der Waals surface area contributed by atoms with Crippen molar-refractivity contribution in [2.45, 2.75) is 20.8 Å². The van der Waals surface area contributed by atoms with Crippen LogP contribution in [0.2, 0.25) is 0 Å². The summed E-state index contributed by atoms with van der Waals surface area (Å²) in [6.45, 7) is 5.86. The molecule has 1 aliphatic heterocycles. The van der Waals surface area contributed by atoms with E-state index in [0.29, 0.717) is 5.69 Å². The van der Waals surface area contributed by atoms with Crippen LogP contribution in [0.25, 0.3) is 6.08 Å². The zero-order valence-electron chi connectivity index (χ0n) is 14.6. The number of anilines is 1. The monoisotopic (exact) mass is 353 g/mol. The Morgan fingerprint density at radius 1 is 1.08 bits per heavy atom. The molecule has 2 aromatic rings. The van der Waals surface area contributed by atoms with E-state index in [2.05, 4.69) is 5.32 Å². The quantitative estimate of drug-likeness (QED) is 0.513. The molecule has 3 rings (SSSR count). The minimum absolute atomic E-state index is 0.0646. The smallest absolute Gasteiger partial charge is 0.270 e. The fraction of sp³-hybridized carbons (Fsp3) is 0.211. The van der Waals surface area contributed by atoms with Crippen LogP contribution in [0.5, 0.6) is 0 Å². The first-order valence-electron chi connectivity index (χ1n) is 7.90. The van der Waals surface area contributed by atoms with Gasteiger partial charge in [0.05, 0.1) is 5.69 Å². The zero-order valence-corrected chi connectivity index (χ0v) is 15.4. The standard InChI is InChI=1S/C19H19N3O2S/c1-11-5-8-16(12(2)9-11)22-18(24)15(17(23)20-19(22)25)10-14-7-6-13(3)21(14)4/h5-10H,1-4H3,(H,20,23,25)/b15-10+. The molecule has 0 aliphatic carbocycles. The van der Waals surface area contributed by atoms with Gasteiger partial charge in [-0.15, -0.1) is 0 Å². The van der Waals surface area contributed by atoms with Crippen molar-refractivity contribution in [1.29, 1.82) is 0 Å². The first-order valence-corrected chi connectivity index (χ1v) is 8.31. The van der Waals surface area contributed by atoms with Gasteiger partial charge in [-0.05, 0) is 62.8 Å². The number of hydrogen-bond acceptors (Lipinski definition) is 3. The summed E-state index contributed by atoms with van der Waals surface area (Å²) >= 11 is 5.24. The highest BCUT2D eigenvalue weighted by atomic mass is 32.1. The molecule has 0 unspecified atom stereocenters. The number of nitrogens with zero attached hydrogens (tertiary/aromatic N) is 2. The summed E-state index contributed by atoms with van der Waals surface area (Å²) in [5, 5.41) is 2.72. The van der Waals surface area contributed by atoms with Crippen molar-refractivity contribution in [3.05, 3.63) is 58.4 Å². The molecule has 0 spiro atoms. The normalized spacial score (nSPS) is 16.6. The number of thiocarbonyl (C=S) groups is 1. The van der Waals surface area contributed by atoms with Crippen LogP contribution in [0.1, 0.15) is 22.5 Å². The molecular formula is C19H19N3O2S. The maximum absolute atomic E-state index is 13.0. The Kier molecular flexibility index (Phi) is 4.30. The molecule has 5 nitrogen and oxygen atoms in total. The number of aryl methyl sites for hydroxylation is 3. The highest BCUT2D eigenvalue weighted by molar-refractivity contribution is 7.80. The number of amides is 2. The molecule has 1 saturated heterocycles. The largest absolute Gasteiger partial charge is 0.348 e. The van der Waals surface area contributed by atoms with E-state index in [4.69, 9.17) is 12.2 Å². The van der Waals surface area contributed by atoms with Gasteiger partial charge < -0.3 is 4.57 Å². The lowest BCUT2D eigenvalue weighted by atomic mass is 10.1. The van der Waals surface area contributed by atoms with Gasteiger partial charge in [-0.25, -0.2) is 0 Å². The number of benzene rings is 1. The van der Waals surface area contributed by atoms with E-state index >= 15 is 0 Å². The average Bonchev–Trinajstić information content (AvgIpc) is 2.85. The van der Waals surface area contributed by atoms with E-state index in [9.17, 15) is 9.59 Å². The lowest BCUT2D eigenvalue weighted by Crippen LogP contribution is -2.54. The van der Waals surface area contributed by atoms with E-state index in [1.807, 2.05) is 62.7 Å². The van der Waals surface area contributed by atoms with Crippen molar-refractivity contribution in [2.75, 3.05) is 4.90 Å². The lowest BCUT2D eigenvalue weighted by molar-refractivity contribution is -0.122. The number of rotatable bonds is 2. The molecular weight excluding hydrogens is 334 g/mol. The molecule has 1 aliphatic rings. The number of aromatic nitrogens is 1. The van der Waals surface area contributed by atoms with Gasteiger partial charge in [0.2, 0.25) is 0 Å². The Balaban J connectivity index is 2.07. The maximum Gasteiger partial charge on any atom is 0.270 e. The van der Waals surface area contributed by atoms with Gasteiger partial charge in [0.25, 0.3) is 11.8 Å². The van der Waals surface area contributed by atoms with Crippen molar-refractivity contribution in [2.24, 2.45) is 7.05 Å². The molecule has 128 valence electrons. The summed E-state index contributed by atoms with van der Waals surface area (Å²) < 4.78 is 1.92. The summed E-state index contributed by atoms with van der Waals surface area (Å²) in [5.41, 5.74) is 4.57. The molecule has 2 amide bonds. The van der Waals surface area contributed by atoms with Crippen LogP contribution < -0.4 is 10.2 Å². The van der Waals surface area contributed by atoms with Gasteiger partial charge in [0.15, 0.2) is 5.11 Å². The molecule has 0 bridgehead atoms. The third-order valence-electron chi connectivity index (χ3n) is 4.40. The van der Waals surface area contributed by atoms with Crippen molar-refractivity contribution in [3.63, 3.8) is 0 Å². The summed E-state index contributed by atoms with van der Waals surface area (Å²) in [6.07, 6.45) is 1.60. The first kappa shape index (κ1) is 17.1. The predicted octanol–water partition coefficient (Wildman–Crippen LogP) is 2.78. The summed E-state index contributed by atoms with van der Waals surface area (Å²) in [5.74, 6) is -0.894. The molecule has 0 saturated carbocycles. The van der Waals surface area contributed by atoms with Crippen molar-refractivity contribution in [1.82, 2.24) is 9.88 Å². The summed E-state index contributed by atoms with van der Waals surface area (Å²) in [4.78, 5) is 26.7. The number of nitrogens with one attached hydrogen (secondary N) is 1. The average molecular weight is 353 g/mol. The van der Waals surface area contributed by atoms with Crippen LogP contribution in [-0.2, 0) is 16.6 Å². The van der Waals surface area contributed by atoms with Crippen LogP contribution in [-0.4, -0.2) is 21.5 Å². The van der Waals surface area contributed by atoms with Crippen LogP contribution in [0, 0.1) is 20.8 Å². The van der Waals surface area contributed by atoms with E-state index in [0.717, 1.165) is 22.5 Å². The van der Waals surface area contributed by atoms with Gasteiger partial charge in [-0.3, -0.25) is 19.8 Å². The maximum atomic E-state index is 13.0. The molecule has 2 heterocycles. The first-order chi connectivity index (χ1) is 11.8. The fourth-order valence-corrected chi connectivity index (χ4v) is 3.13. The lowest BCUT2D eigenvalue weighted by Gasteiger charge is -2.30. The van der Waals surface area contributed by atoms with Crippen LogP contribution in [0.4, 0.5) is 5.69 Å². The second-order valence-electron chi connectivity index (χ2n) is 6.21. The Labute approximate surface area is 151 Å². The second-order valence-corrected chi connectivity index (χ2v) is 6.59. The third kappa shape index (κ3) is 3.00. The molecule has 25 heavy (non-hydrogen) atoms. The Morgan fingerprint density at radius 3 is 2.40 bits per heavy atom. The molecule has 0 radical (unpaired) electrons. The van der Waals surface area contributed by atoms with Crippen molar-refractivity contribution >= 4 is 40.9 Å². The number of hydrogen-bond donors (Lipinski definition) is 1. The van der Waals surface area contributed by atoms with E-state index < -0.39 is 11.8 Å². The summed E-state index contributed by atoms with van der Waals surface area (Å²) in [7, 11) is 1.89. The van der Waals surface area contributed by atoms with E-state index in [1.165, 1.54) is 4.90 Å². The van der Waals surface area contributed by atoms with Crippen molar-refractivity contribution in [3.8, 4) is 0 Å². The van der Waals surface area contributed by atoms with E-state index in [-0.39, 0.29) is 10.7 Å². The Bertz CT molecular complexity index is 940. The second kappa shape index (κ2) is 6.29. The number of carbonyl (C=O) groups excluding carboxylic acids is 2. The highest BCUT2D eigenvalue weighted by Gasteiger charge is 2.35. The highest BCUT2D eigenvalue weighted by Crippen LogP contribution is 2.26. The zero-order chi connectivity index (χ0) is 18.3. The molecule has 0 atom stereocenters. The summed E-state index contributed by atoms with van der Waals surface area (Å²) in [6, 6.07) is 9.54. The van der Waals surface area contributed by atoms with Gasteiger partial charge in [-0.1, -0.05) is 17.7 Å². The SMILES string of the molecule is Cc1ccc(N2C(=O)/C(=C/c3ccc(C)n3C)C(=O)NC2=S)c(C)c1. The Morgan fingerprint density at radius 2 is 1.80 bits per heavy atom. The Hall–Kier alpha value is -2.73. The predicted molar refractivity (Wildman–Crippen MR) is 102 cm³/mol. The molecule has 1 fully saturated rings. The van der Waals surface area contributed by atoms with Crippen LogP contribution >= 0.6 is 12.2 Å².